The zero-order valence-electron chi connectivity index (χ0n) is 19.8. The number of benzene rings is 1. The summed E-state index contributed by atoms with van der Waals surface area (Å²) in [4.78, 5) is 56.2. The van der Waals surface area contributed by atoms with Gasteiger partial charge in [0.05, 0.1) is 32.0 Å². The first kappa shape index (κ1) is 22.9. The van der Waals surface area contributed by atoms with E-state index in [2.05, 4.69) is 0 Å². The molecule has 3 heterocycles. The van der Waals surface area contributed by atoms with Crippen molar-refractivity contribution >= 4 is 23.6 Å². The summed E-state index contributed by atoms with van der Waals surface area (Å²) in [5.41, 5.74) is -0.533. The van der Waals surface area contributed by atoms with Gasteiger partial charge in [0.2, 0.25) is 11.8 Å². The normalized spacial score (nSPS) is 31.4. The van der Waals surface area contributed by atoms with Gasteiger partial charge >= 0.3 is 5.97 Å². The molecule has 1 spiro atoms. The number of methoxy groups -OCH3 is 1. The van der Waals surface area contributed by atoms with Crippen molar-refractivity contribution < 1.29 is 28.7 Å². The lowest BCUT2D eigenvalue weighted by atomic mass is 9.79. The van der Waals surface area contributed by atoms with Crippen LogP contribution < -0.4 is 4.74 Å². The van der Waals surface area contributed by atoms with E-state index in [4.69, 9.17) is 9.47 Å². The minimum absolute atomic E-state index is 0.0116. The molecule has 34 heavy (non-hydrogen) atoms. The zero-order chi connectivity index (χ0) is 24.0. The van der Waals surface area contributed by atoms with E-state index in [1.807, 2.05) is 29.2 Å². The van der Waals surface area contributed by atoms with Crippen LogP contribution in [0.2, 0.25) is 0 Å². The lowest BCUT2D eigenvalue weighted by Crippen LogP contribution is -2.54. The summed E-state index contributed by atoms with van der Waals surface area (Å²) in [6, 6.07) is 5.85. The maximum Gasteiger partial charge on any atom is 0.307 e. The van der Waals surface area contributed by atoms with E-state index in [1.165, 1.54) is 6.92 Å². The molecular formula is C26H32N2O6. The van der Waals surface area contributed by atoms with Gasteiger partial charge in [-0.1, -0.05) is 43.9 Å². The van der Waals surface area contributed by atoms with E-state index in [0.717, 1.165) is 44.1 Å². The van der Waals surface area contributed by atoms with Crippen LogP contribution in [0.25, 0.3) is 0 Å². The number of para-hydroxylation sites is 1. The average Bonchev–Trinajstić information content (AvgIpc) is 3.20. The number of likely N-dealkylation sites (tertiary alicyclic amines) is 2. The highest BCUT2D eigenvalue weighted by Gasteiger charge is 2.77. The van der Waals surface area contributed by atoms with Crippen molar-refractivity contribution in [1.82, 2.24) is 9.80 Å². The van der Waals surface area contributed by atoms with E-state index >= 15 is 0 Å². The van der Waals surface area contributed by atoms with Gasteiger partial charge in [0.15, 0.2) is 11.6 Å². The summed E-state index contributed by atoms with van der Waals surface area (Å²) in [6.45, 7) is 1.68. The Bertz CT molecular complexity index is 1020. The highest BCUT2D eigenvalue weighted by atomic mass is 16.6. The molecule has 0 bridgehead atoms. The second-order valence-electron chi connectivity index (χ2n) is 10.1. The lowest BCUT2D eigenvalue weighted by molar-refractivity contribution is -0.154. The van der Waals surface area contributed by atoms with Gasteiger partial charge in [0, 0.05) is 18.0 Å². The number of carbonyl (C=O) groups excluding carboxylic acids is 4. The first-order valence-corrected chi connectivity index (χ1v) is 12.3. The SMILES string of the molecule is COc1ccccc1CN1C(=O)C2CC(=O)OC23C1C(=O)N(C1CCCCCC1)C3CC(C)=O. The van der Waals surface area contributed by atoms with Gasteiger partial charge in [-0.3, -0.25) is 19.2 Å². The van der Waals surface area contributed by atoms with Crippen molar-refractivity contribution in [2.24, 2.45) is 5.92 Å². The number of esters is 1. The van der Waals surface area contributed by atoms with Gasteiger partial charge in [0.1, 0.15) is 11.5 Å². The molecule has 1 saturated carbocycles. The quantitative estimate of drug-likeness (QED) is 0.471. The Morgan fingerprint density at radius 1 is 1.09 bits per heavy atom. The maximum absolute atomic E-state index is 14.1. The highest BCUT2D eigenvalue weighted by Crippen LogP contribution is 2.55. The number of amides is 2. The number of carbonyl (C=O) groups is 4. The number of hydrogen-bond donors (Lipinski definition) is 0. The fourth-order valence-electron chi connectivity index (χ4n) is 6.74. The van der Waals surface area contributed by atoms with Crippen molar-refractivity contribution in [3.8, 4) is 5.75 Å². The molecule has 8 nitrogen and oxygen atoms in total. The van der Waals surface area contributed by atoms with Crippen LogP contribution in [0, 0.1) is 5.92 Å². The van der Waals surface area contributed by atoms with Crippen LogP contribution >= 0.6 is 0 Å². The molecule has 4 unspecified atom stereocenters. The van der Waals surface area contributed by atoms with Crippen molar-refractivity contribution in [1.29, 1.82) is 0 Å². The molecule has 5 rings (SSSR count). The smallest absolute Gasteiger partial charge is 0.307 e. The van der Waals surface area contributed by atoms with E-state index in [1.54, 1.807) is 12.0 Å². The molecule has 3 saturated heterocycles. The van der Waals surface area contributed by atoms with Crippen LogP contribution in [0.1, 0.15) is 63.9 Å². The number of ether oxygens (including phenoxy) is 2. The van der Waals surface area contributed by atoms with Crippen LogP contribution in [0.3, 0.4) is 0 Å². The predicted octanol–water partition coefficient (Wildman–Crippen LogP) is 2.62. The van der Waals surface area contributed by atoms with Gasteiger partial charge in [-0.2, -0.15) is 0 Å². The zero-order valence-corrected chi connectivity index (χ0v) is 19.8. The highest BCUT2D eigenvalue weighted by molar-refractivity contribution is 6.02. The molecule has 1 aliphatic carbocycles. The Morgan fingerprint density at radius 3 is 2.47 bits per heavy atom. The molecule has 4 aliphatic rings. The van der Waals surface area contributed by atoms with Crippen LogP contribution in [0.4, 0.5) is 0 Å². The van der Waals surface area contributed by atoms with E-state index in [-0.39, 0.29) is 43.0 Å². The van der Waals surface area contributed by atoms with Crippen LogP contribution in [-0.2, 0) is 30.5 Å². The minimum Gasteiger partial charge on any atom is -0.496 e. The number of ketones is 1. The third kappa shape index (κ3) is 3.41. The molecule has 182 valence electrons. The molecule has 2 amide bonds. The fourth-order valence-corrected chi connectivity index (χ4v) is 6.74. The van der Waals surface area contributed by atoms with Gasteiger partial charge in [-0.15, -0.1) is 0 Å². The molecular weight excluding hydrogens is 436 g/mol. The number of hydrogen-bond acceptors (Lipinski definition) is 6. The molecule has 8 heteroatoms. The van der Waals surface area contributed by atoms with Crippen molar-refractivity contribution in [3.05, 3.63) is 29.8 Å². The molecule has 0 radical (unpaired) electrons. The molecule has 0 aromatic heterocycles. The standard InChI is InChI=1S/C26H32N2O6/c1-16(29)13-21-26-19(14-22(30)34-26)24(31)27(15-17-9-7-8-12-20(17)33-2)23(26)25(32)28(21)18-10-5-3-4-6-11-18/h7-9,12,18-19,21,23H,3-6,10-11,13-15H2,1-2H3. The summed E-state index contributed by atoms with van der Waals surface area (Å²) in [5, 5.41) is 0. The van der Waals surface area contributed by atoms with E-state index in [9.17, 15) is 19.2 Å². The second-order valence-corrected chi connectivity index (χ2v) is 10.1. The second kappa shape index (κ2) is 8.71. The molecule has 1 aromatic rings. The van der Waals surface area contributed by atoms with Crippen molar-refractivity contribution in [3.63, 3.8) is 0 Å². The summed E-state index contributed by atoms with van der Waals surface area (Å²) >= 11 is 0. The number of nitrogens with zero attached hydrogens (tertiary/aromatic N) is 2. The Balaban J connectivity index is 1.59. The van der Waals surface area contributed by atoms with Gasteiger partial charge in [-0.05, 0) is 25.8 Å². The monoisotopic (exact) mass is 468 g/mol. The first-order chi connectivity index (χ1) is 16.4. The largest absolute Gasteiger partial charge is 0.496 e. The summed E-state index contributed by atoms with van der Waals surface area (Å²) in [7, 11) is 1.57. The van der Waals surface area contributed by atoms with Crippen LogP contribution in [0.15, 0.2) is 24.3 Å². The van der Waals surface area contributed by atoms with Crippen molar-refractivity contribution in [2.75, 3.05) is 7.11 Å². The number of Topliss-reactive ketones (excluding diaryl/α,β-unsaturated/α-hetero) is 1. The third-order valence-electron chi connectivity index (χ3n) is 8.10. The van der Waals surface area contributed by atoms with Crippen LogP contribution in [-0.4, -0.2) is 64.2 Å². The Hall–Kier alpha value is -2.90. The third-order valence-corrected chi connectivity index (χ3v) is 8.10. The van der Waals surface area contributed by atoms with Gasteiger partial charge in [-0.25, -0.2) is 0 Å². The average molecular weight is 469 g/mol. The minimum atomic E-state index is -1.31. The number of rotatable bonds is 6. The Labute approximate surface area is 199 Å². The van der Waals surface area contributed by atoms with Crippen LogP contribution in [0.5, 0.6) is 5.75 Å². The Morgan fingerprint density at radius 2 is 1.79 bits per heavy atom. The van der Waals surface area contributed by atoms with E-state index < -0.39 is 29.6 Å². The van der Waals surface area contributed by atoms with Crippen molar-refractivity contribution in [2.45, 2.75) is 88.6 Å². The summed E-state index contributed by atoms with van der Waals surface area (Å²) in [6.07, 6.45) is 6.04. The summed E-state index contributed by atoms with van der Waals surface area (Å²) < 4.78 is 11.5. The van der Waals surface area contributed by atoms with Gasteiger partial charge < -0.3 is 19.3 Å². The topological polar surface area (TPSA) is 93.2 Å². The predicted molar refractivity (Wildman–Crippen MR) is 122 cm³/mol. The lowest BCUT2D eigenvalue weighted by Gasteiger charge is -2.38. The molecule has 3 aliphatic heterocycles. The van der Waals surface area contributed by atoms with Gasteiger partial charge in [0.25, 0.3) is 0 Å². The summed E-state index contributed by atoms with van der Waals surface area (Å²) in [5.74, 6) is -1.13. The molecule has 4 fully saturated rings. The molecule has 0 N–H and O–H groups in total. The first-order valence-electron chi connectivity index (χ1n) is 12.3. The maximum atomic E-state index is 14.1. The Kier molecular flexibility index (Phi) is 5.86. The molecule has 4 atom stereocenters. The fraction of sp³-hybridized carbons (Fsp3) is 0.615. The van der Waals surface area contributed by atoms with E-state index in [0.29, 0.717) is 5.75 Å². The molecule has 1 aromatic carbocycles.